The third-order valence-corrected chi connectivity index (χ3v) is 4.57. The Labute approximate surface area is 158 Å². The van der Waals surface area contributed by atoms with Gasteiger partial charge in [0.15, 0.2) is 5.96 Å². The minimum Gasteiger partial charge on any atom is -0.357 e. The van der Waals surface area contributed by atoms with Crippen molar-refractivity contribution in [3.8, 4) is 0 Å². The summed E-state index contributed by atoms with van der Waals surface area (Å²) in [5, 5.41) is 6.99. The summed E-state index contributed by atoms with van der Waals surface area (Å²) in [4.78, 5) is 7.28. The van der Waals surface area contributed by atoms with E-state index in [0.29, 0.717) is 6.04 Å². The molecule has 0 aliphatic carbocycles. The lowest BCUT2D eigenvalue weighted by molar-refractivity contribution is 0.203. The van der Waals surface area contributed by atoms with Crippen molar-refractivity contribution in [2.45, 2.75) is 52.0 Å². The predicted octanol–water partition coefficient (Wildman–Crippen LogP) is 3.18. The molecular weight excluding hydrogens is 407 g/mol. The van der Waals surface area contributed by atoms with E-state index in [1.165, 1.54) is 51.1 Å². The van der Waals surface area contributed by atoms with E-state index in [2.05, 4.69) is 40.6 Å². The van der Waals surface area contributed by atoms with Crippen molar-refractivity contribution >= 4 is 41.7 Å². The van der Waals surface area contributed by atoms with Gasteiger partial charge in [-0.1, -0.05) is 13.3 Å². The van der Waals surface area contributed by atoms with Crippen LogP contribution in [0.4, 0.5) is 0 Å². The van der Waals surface area contributed by atoms with E-state index >= 15 is 0 Å². The summed E-state index contributed by atoms with van der Waals surface area (Å²) in [6.45, 7) is 9.98. The number of likely N-dealkylation sites (tertiary alicyclic amines) is 1. The summed E-state index contributed by atoms with van der Waals surface area (Å²) < 4.78 is 0. The molecule has 4 nitrogen and oxygen atoms in total. The average molecular weight is 442 g/mol. The molecule has 0 spiro atoms. The van der Waals surface area contributed by atoms with Crippen LogP contribution in [0, 0.1) is 0 Å². The SMILES string of the molecule is CCCCN1CCC(NC(=NCCCSC)NCC)CC1.I. The number of hydrogen-bond donors (Lipinski definition) is 2. The summed E-state index contributed by atoms with van der Waals surface area (Å²) in [5.41, 5.74) is 0. The first-order valence-corrected chi connectivity index (χ1v) is 9.95. The predicted molar refractivity (Wildman–Crippen MR) is 112 cm³/mol. The van der Waals surface area contributed by atoms with E-state index in [1.807, 2.05) is 11.8 Å². The molecule has 22 heavy (non-hydrogen) atoms. The highest BCUT2D eigenvalue weighted by Gasteiger charge is 2.19. The second-order valence-corrected chi connectivity index (χ2v) is 6.71. The number of rotatable bonds is 9. The Morgan fingerprint density at radius 2 is 1.95 bits per heavy atom. The Morgan fingerprint density at radius 1 is 1.23 bits per heavy atom. The van der Waals surface area contributed by atoms with Crippen LogP contribution in [0.1, 0.15) is 46.0 Å². The Morgan fingerprint density at radius 3 is 2.55 bits per heavy atom. The Hall–Kier alpha value is 0.310. The number of thioether (sulfide) groups is 1. The summed E-state index contributed by atoms with van der Waals surface area (Å²) >= 11 is 1.89. The van der Waals surface area contributed by atoms with E-state index in [1.54, 1.807) is 0 Å². The van der Waals surface area contributed by atoms with Gasteiger partial charge in [0.05, 0.1) is 0 Å². The van der Waals surface area contributed by atoms with E-state index in [9.17, 15) is 0 Å². The Bertz CT molecular complexity index is 281. The van der Waals surface area contributed by atoms with Gasteiger partial charge in [-0.15, -0.1) is 24.0 Å². The molecule has 2 N–H and O–H groups in total. The van der Waals surface area contributed by atoms with E-state index < -0.39 is 0 Å². The van der Waals surface area contributed by atoms with Crippen LogP contribution in [0.5, 0.6) is 0 Å². The van der Waals surface area contributed by atoms with Crippen molar-refractivity contribution in [3.63, 3.8) is 0 Å². The van der Waals surface area contributed by atoms with E-state index in [0.717, 1.165) is 25.5 Å². The molecular formula is C16H35IN4S. The maximum absolute atomic E-state index is 4.68. The minimum absolute atomic E-state index is 0. The molecule has 1 rings (SSSR count). The molecule has 1 heterocycles. The first-order chi connectivity index (χ1) is 10.3. The van der Waals surface area contributed by atoms with Gasteiger partial charge >= 0.3 is 0 Å². The van der Waals surface area contributed by atoms with Crippen LogP contribution in [-0.2, 0) is 0 Å². The fourth-order valence-electron chi connectivity index (χ4n) is 2.60. The third-order valence-electron chi connectivity index (χ3n) is 3.88. The molecule has 132 valence electrons. The van der Waals surface area contributed by atoms with Crippen LogP contribution in [-0.4, -0.2) is 61.6 Å². The maximum atomic E-state index is 4.68. The van der Waals surface area contributed by atoms with Gasteiger partial charge in [-0.25, -0.2) is 0 Å². The second kappa shape index (κ2) is 14.9. The van der Waals surface area contributed by atoms with Crippen LogP contribution >= 0.6 is 35.7 Å². The zero-order chi connectivity index (χ0) is 15.3. The zero-order valence-corrected chi connectivity index (χ0v) is 17.7. The highest BCUT2D eigenvalue weighted by Crippen LogP contribution is 2.11. The monoisotopic (exact) mass is 442 g/mol. The number of aliphatic imine (C=N–C) groups is 1. The molecule has 1 aliphatic rings. The molecule has 0 atom stereocenters. The molecule has 1 aliphatic heterocycles. The van der Waals surface area contributed by atoms with Gasteiger partial charge in [0, 0.05) is 32.2 Å². The summed E-state index contributed by atoms with van der Waals surface area (Å²) in [5.74, 6) is 2.20. The zero-order valence-electron chi connectivity index (χ0n) is 14.6. The van der Waals surface area contributed by atoms with Gasteiger partial charge in [0.25, 0.3) is 0 Å². The molecule has 0 radical (unpaired) electrons. The number of piperidine rings is 1. The standard InChI is InChI=1S/C16H34N4S.HI/c1-4-6-11-20-12-8-15(9-13-20)19-16(17-5-2)18-10-7-14-21-3;/h15H,4-14H2,1-3H3,(H2,17,18,19);1H. The number of halogens is 1. The van der Waals surface area contributed by atoms with Crippen LogP contribution in [0.2, 0.25) is 0 Å². The summed E-state index contributed by atoms with van der Waals surface area (Å²) in [7, 11) is 0. The minimum atomic E-state index is 0. The largest absolute Gasteiger partial charge is 0.357 e. The van der Waals surface area contributed by atoms with Gasteiger partial charge in [-0.3, -0.25) is 4.99 Å². The molecule has 0 bridgehead atoms. The van der Waals surface area contributed by atoms with E-state index in [4.69, 9.17) is 0 Å². The fraction of sp³-hybridized carbons (Fsp3) is 0.938. The Balaban J connectivity index is 0.00000441. The van der Waals surface area contributed by atoms with E-state index in [-0.39, 0.29) is 24.0 Å². The molecule has 0 saturated carbocycles. The molecule has 0 amide bonds. The first-order valence-electron chi connectivity index (χ1n) is 8.56. The van der Waals surface area contributed by atoms with Crippen molar-refractivity contribution in [2.24, 2.45) is 4.99 Å². The average Bonchev–Trinajstić information content (AvgIpc) is 2.51. The molecule has 1 saturated heterocycles. The van der Waals surface area contributed by atoms with Gasteiger partial charge < -0.3 is 15.5 Å². The summed E-state index contributed by atoms with van der Waals surface area (Å²) in [6.07, 6.45) is 8.41. The smallest absolute Gasteiger partial charge is 0.191 e. The van der Waals surface area contributed by atoms with Crippen molar-refractivity contribution in [3.05, 3.63) is 0 Å². The number of unbranched alkanes of at least 4 members (excludes halogenated alkanes) is 1. The lowest BCUT2D eigenvalue weighted by Gasteiger charge is -2.33. The lowest BCUT2D eigenvalue weighted by atomic mass is 10.0. The van der Waals surface area contributed by atoms with Crippen molar-refractivity contribution in [1.82, 2.24) is 15.5 Å². The van der Waals surface area contributed by atoms with Crippen LogP contribution in [0.25, 0.3) is 0 Å². The number of guanidine groups is 1. The molecule has 0 aromatic heterocycles. The molecule has 6 heteroatoms. The first kappa shape index (κ1) is 22.3. The molecule has 0 aromatic carbocycles. The molecule has 1 fully saturated rings. The van der Waals surface area contributed by atoms with Gasteiger partial charge in [-0.05, 0) is 51.2 Å². The fourth-order valence-corrected chi connectivity index (χ4v) is 3.01. The number of nitrogens with zero attached hydrogens (tertiary/aromatic N) is 2. The van der Waals surface area contributed by atoms with Gasteiger partial charge in [0.1, 0.15) is 0 Å². The van der Waals surface area contributed by atoms with Crippen LogP contribution in [0.3, 0.4) is 0 Å². The quantitative estimate of drug-likeness (QED) is 0.249. The highest BCUT2D eigenvalue weighted by atomic mass is 127. The topological polar surface area (TPSA) is 39.7 Å². The molecule has 0 unspecified atom stereocenters. The summed E-state index contributed by atoms with van der Waals surface area (Å²) in [6, 6.07) is 0.584. The lowest BCUT2D eigenvalue weighted by Crippen LogP contribution is -2.48. The van der Waals surface area contributed by atoms with Gasteiger partial charge in [0.2, 0.25) is 0 Å². The van der Waals surface area contributed by atoms with Crippen molar-refractivity contribution < 1.29 is 0 Å². The normalized spacial score (nSPS) is 17.1. The maximum Gasteiger partial charge on any atom is 0.191 e. The molecule has 0 aromatic rings. The third kappa shape index (κ3) is 10.2. The second-order valence-electron chi connectivity index (χ2n) is 5.72. The van der Waals surface area contributed by atoms with Crippen molar-refractivity contribution in [2.75, 3.05) is 44.7 Å². The van der Waals surface area contributed by atoms with Gasteiger partial charge in [-0.2, -0.15) is 11.8 Å². The van der Waals surface area contributed by atoms with Crippen LogP contribution < -0.4 is 10.6 Å². The Kier molecular flexibility index (Phi) is 15.1. The highest BCUT2D eigenvalue weighted by molar-refractivity contribution is 14.0. The number of hydrogen-bond acceptors (Lipinski definition) is 3. The number of nitrogens with one attached hydrogen (secondary N) is 2. The van der Waals surface area contributed by atoms with Crippen molar-refractivity contribution in [1.29, 1.82) is 0 Å². The van der Waals surface area contributed by atoms with Crippen LogP contribution in [0.15, 0.2) is 4.99 Å².